The van der Waals surface area contributed by atoms with Crippen molar-refractivity contribution in [1.82, 2.24) is 10.3 Å². The van der Waals surface area contributed by atoms with Gasteiger partial charge in [0.15, 0.2) is 5.89 Å². The molecule has 0 aromatic carbocycles. The van der Waals surface area contributed by atoms with Crippen LogP contribution in [0.4, 0.5) is 0 Å². The van der Waals surface area contributed by atoms with E-state index in [0.717, 1.165) is 49.6 Å². The van der Waals surface area contributed by atoms with Gasteiger partial charge in [-0.15, -0.1) is 0 Å². The summed E-state index contributed by atoms with van der Waals surface area (Å²) < 4.78 is 6.21. The van der Waals surface area contributed by atoms with Gasteiger partial charge in [0.05, 0.1) is 6.20 Å². The number of hydrogen-bond donors (Lipinski definition) is 1. The maximum absolute atomic E-state index is 6.21. The van der Waals surface area contributed by atoms with Gasteiger partial charge in [-0.05, 0) is 75.8 Å². The highest BCUT2D eigenvalue weighted by atomic mass is 16.4. The lowest BCUT2D eigenvalue weighted by Crippen LogP contribution is -2.48. The Morgan fingerprint density at radius 3 is 2.48 bits per heavy atom. The van der Waals surface area contributed by atoms with Crippen molar-refractivity contribution < 1.29 is 4.42 Å². The Morgan fingerprint density at radius 2 is 1.86 bits per heavy atom. The molecule has 1 heterocycles. The maximum Gasteiger partial charge on any atom is 0.194 e. The van der Waals surface area contributed by atoms with Crippen LogP contribution in [0.3, 0.4) is 0 Å². The highest BCUT2D eigenvalue weighted by Gasteiger charge is 2.53. The van der Waals surface area contributed by atoms with E-state index in [2.05, 4.69) is 23.4 Å². The average Bonchev–Trinajstić information content (AvgIpc) is 2.92. The summed E-state index contributed by atoms with van der Waals surface area (Å²) in [5.41, 5.74) is 0.363. The summed E-state index contributed by atoms with van der Waals surface area (Å²) in [4.78, 5) is 4.58. The molecule has 0 radical (unpaired) electrons. The summed E-state index contributed by atoms with van der Waals surface area (Å²) in [6.45, 7) is 4.26. The molecule has 4 aliphatic rings. The normalized spacial score (nSPS) is 37.3. The SMILES string of the molecule is CCNCCCc1ncc(C23CC4CC(CC(C4)C2)C3)o1. The van der Waals surface area contributed by atoms with Crippen LogP contribution in [0.2, 0.25) is 0 Å². The van der Waals surface area contributed by atoms with E-state index in [1.807, 2.05) is 0 Å². The molecule has 1 aromatic heterocycles. The van der Waals surface area contributed by atoms with Gasteiger partial charge in [0.25, 0.3) is 0 Å². The Labute approximate surface area is 127 Å². The second-order valence-electron chi connectivity index (χ2n) is 7.77. The lowest BCUT2D eigenvalue weighted by atomic mass is 9.49. The Morgan fingerprint density at radius 1 is 1.19 bits per heavy atom. The van der Waals surface area contributed by atoms with E-state index in [1.165, 1.54) is 44.3 Å². The molecule has 3 heteroatoms. The van der Waals surface area contributed by atoms with Crippen molar-refractivity contribution >= 4 is 0 Å². The Kier molecular flexibility index (Phi) is 3.56. The highest BCUT2D eigenvalue weighted by molar-refractivity contribution is 5.19. The quantitative estimate of drug-likeness (QED) is 0.811. The molecule has 4 saturated carbocycles. The number of nitrogens with one attached hydrogen (secondary N) is 1. The third kappa shape index (κ3) is 2.54. The lowest BCUT2D eigenvalue weighted by Gasteiger charge is -2.55. The number of nitrogens with zero attached hydrogens (tertiary/aromatic N) is 1. The van der Waals surface area contributed by atoms with Crippen LogP contribution in [0, 0.1) is 17.8 Å². The first-order valence-corrected chi connectivity index (χ1v) is 8.93. The van der Waals surface area contributed by atoms with E-state index in [0.29, 0.717) is 5.41 Å². The molecule has 21 heavy (non-hydrogen) atoms. The molecule has 0 unspecified atom stereocenters. The number of oxazole rings is 1. The fourth-order valence-corrected chi connectivity index (χ4v) is 5.62. The molecular formula is C18H28N2O. The lowest BCUT2D eigenvalue weighted by molar-refractivity contribution is -0.0156. The first-order valence-electron chi connectivity index (χ1n) is 8.93. The van der Waals surface area contributed by atoms with Crippen LogP contribution in [0.5, 0.6) is 0 Å². The summed E-state index contributed by atoms with van der Waals surface area (Å²) in [5, 5.41) is 3.36. The van der Waals surface area contributed by atoms with Gasteiger partial charge in [-0.2, -0.15) is 0 Å². The fraction of sp³-hybridized carbons (Fsp3) is 0.833. The van der Waals surface area contributed by atoms with Crippen LogP contribution >= 0.6 is 0 Å². The van der Waals surface area contributed by atoms with Crippen LogP contribution < -0.4 is 5.32 Å². The van der Waals surface area contributed by atoms with E-state index in [4.69, 9.17) is 4.42 Å². The largest absolute Gasteiger partial charge is 0.445 e. The standard InChI is InChI=1S/C18H28N2O/c1-2-19-5-3-4-17-20-12-16(21-17)18-9-13-6-14(10-18)8-15(7-13)11-18/h12-15,19H,2-11H2,1H3. The topological polar surface area (TPSA) is 38.1 Å². The Hall–Kier alpha value is -0.830. The zero-order chi connectivity index (χ0) is 14.3. The number of hydrogen-bond acceptors (Lipinski definition) is 3. The van der Waals surface area contributed by atoms with Crippen molar-refractivity contribution in [3.63, 3.8) is 0 Å². The second-order valence-corrected chi connectivity index (χ2v) is 7.77. The van der Waals surface area contributed by atoms with E-state index in [9.17, 15) is 0 Å². The third-order valence-electron chi connectivity index (χ3n) is 6.11. The van der Waals surface area contributed by atoms with Gasteiger partial charge < -0.3 is 9.73 Å². The summed E-state index contributed by atoms with van der Waals surface area (Å²) in [5.74, 6) is 5.09. The number of aromatic nitrogens is 1. The molecule has 4 aliphatic carbocycles. The average molecular weight is 288 g/mol. The first kappa shape index (κ1) is 13.8. The van der Waals surface area contributed by atoms with E-state index in [1.54, 1.807) is 0 Å². The van der Waals surface area contributed by atoms with Crippen molar-refractivity contribution in [3.8, 4) is 0 Å². The van der Waals surface area contributed by atoms with Crippen molar-refractivity contribution in [2.75, 3.05) is 13.1 Å². The van der Waals surface area contributed by atoms with Gasteiger partial charge in [-0.3, -0.25) is 0 Å². The van der Waals surface area contributed by atoms with Gasteiger partial charge in [-0.25, -0.2) is 4.98 Å². The van der Waals surface area contributed by atoms with Gasteiger partial charge in [0, 0.05) is 11.8 Å². The second kappa shape index (κ2) is 5.42. The van der Waals surface area contributed by atoms with Crippen LogP contribution in [-0.4, -0.2) is 18.1 Å². The molecule has 5 rings (SSSR count). The molecule has 116 valence electrons. The molecule has 1 N–H and O–H groups in total. The minimum Gasteiger partial charge on any atom is -0.445 e. The third-order valence-corrected chi connectivity index (χ3v) is 6.11. The molecule has 1 aromatic rings. The zero-order valence-electron chi connectivity index (χ0n) is 13.2. The summed E-state index contributed by atoms with van der Waals surface area (Å²) >= 11 is 0. The molecule has 0 aliphatic heterocycles. The predicted octanol–water partition coefficient (Wildman–Crippen LogP) is 3.68. The first-order chi connectivity index (χ1) is 10.3. The van der Waals surface area contributed by atoms with Gasteiger partial charge >= 0.3 is 0 Å². The Bertz CT molecular complexity index is 458. The van der Waals surface area contributed by atoms with Gasteiger partial charge in [0.1, 0.15) is 5.76 Å². The highest BCUT2D eigenvalue weighted by Crippen LogP contribution is 2.60. The minimum atomic E-state index is 0.363. The summed E-state index contributed by atoms with van der Waals surface area (Å²) in [7, 11) is 0. The van der Waals surface area contributed by atoms with Crippen molar-refractivity contribution in [1.29, 1.82) is 0 Å². The number of rotatable bonds is 6. The fourth-order valence-electron chi connectivity index (χ4n) is 5.62. The smallest absolute Gasteiger partial charge is 0.194 e. The van der Waals surface area contributed by atoms with Crippen molar-refractivity contribution in [2.24, 2.45) is 17.8 Å². The minimum absolute atomic E-state index is 0.363. The van der Waals surface area contributed by atoms with Crippen LogP contribution in [-0.2, 0) is 11.8 Å². The molecule has 4 bridgehead atoms. The van der Waals surface area contributed by atoms with Crippen LogP contribution in [0.15, 0.2) is 10.6 Å². The number of aryl methyl sites for hydroxylation is 1. The molecule has 0 amide bonds. The van der Waals surface area contributed by atoms with E-state index < -0.39 is 0 Å². The summed E-state index contributed by atoms with van der Waals surface area (Å²) in [6, 6.07) is 0. The molecule has 4 fully saturated rings. The molecule has 0 spiro atoms. The van der Waals surface area contributed by atoms with Crippen molar-refractivity contribution in [3.05, 3.63) is 17.8 Å². The molecule has 0 atom stereocenters. The van der Waals surface area contributed by atoms with Gasteiger partial charge in [0.2, 0.25) is 0 Å². The predicted molar refractivity (Wildman–Crippen MR) is 83.2 cm³/mol. The molecular weight excluding hydrogens is 260 g/mol. The van der Waals surface area contributed by atoms with E-state index >= 15 is 0 Å². The van der Waals surface area contributed by atoms with Gasteiger partial charge in [-0.1, -0.05) is 6.92 Å². The molecule has 0 saturated heterocycles. The van der Waals surface area contributed by atoms with Crippen molar-refractivity contribution in [2.45, 2.75) is 63.7 Å². The van der Waals surface area contributed by atoms with E-state index in [-0.39, 0.29) is 0 Å². The summed E-state index contributed by atoms with van der Waals surface area (Å²) in [6.07, 6.45) is 12.7. The monoisotopic (exact) mass is 288 g/mol. The van der Waals surface area contributed by atoms with Crippen LogP contribution in [0.1, 0.15) is 63.5 Å². The van der Waals surface area contributed by atoms with Crippen LogP contribution in [0.25, 0.3) is 0 Å². The maximum atomic E-state index is 6.21. The Balaban J connectivity index is 1.45. The zero-order valence-corrected chi connectivity index (χ0v) is 13.2. The molecule has 3 nitrogen and oxygen atoms in total.